The van der Waals surface area contributed by atoms with Gasteiger partial charge in [0.05, 0.1) is 19.2 Å². The molecule has 8 nitrogen and oxygen atoms in total. The standard InChI is InChI=1S/C28H36N4O4S/c1-4-31(5-2)12-6-11-29-28(37)32(18-20-7-9-23(34-3)10-8-20)19-22-15-21-16-25-26(36-14-13-35-25)17-24(21)30-27(22)33/h7-10,15-17H,4-6,11-14,18-19H2,1-3H3,(H,29,37)(H,30,33). The highest BCUT2D eigenvalue weighted by Gasteiger charge is 2.17. The lowest BCUT2D eigenvalue weighted by molar-refractivity contribution is 0.172. The van der Waals surface area contributed by atoms with E-state index >= 15 is 0 Å². The van der Waals surface area contributed by atoms with Gasteiger partial charge in [0.15, 0.2) is 16.6 Å². The SMILES string of the molecule is CCN(CC)CCCNC(=S)N(Cc1ccc(OC)cc1)Cc1cc2cc3c(cc2[nH]c1=O)OCCO3. The smallest absolute Gasteiger partial charge is 0.253 e. The van der Waals surface area contributed by atoms with Gasteiger partial charge in [-0.15, -0.1) is 0 Å². The van der Waals surface area contributed by atoms with Crippen LogP contribution in [0.3, 0.4) is 0 Å². The number of thiocarbonyl (C=S) groups is 1. The number of rotatable bonds is 11. The molecule has 1 aliphatic rings. The van der Waals surface area contributed by atoms with E-state index in [1.807, 2.05) is 47.4 Å². The van der Waals surface area contributed by atoms with Gasteiger partial charge in [-0.2, -0.15) is 0 Å². The maximum absolute atomic E-state index is 13.1. The van der Waals surface area contributed by atoms with Crippen molar-refractivity contribution in [3.63, 3.8) is 0 Å². The Bertz CT molecular complexity index is 1260. The van der Waals surface area contributed by atoms with Crippen molar-refractivity contribution in [1.82, 2.24) is 20.1 Å². The molecule has 198 valence electrons. The first-order valence-corrected chi connectivity index (χ1v) is 13.2. The van der Waals surface area contributed by atoms with Crippen LogP contribution < -0.4 is 25.1 Å². The normalized spacial score (nSPS) is 12.5. The summed E-state index contributed by atoms with van der Waals surface area (Å²) in [5.41, 5.74) is 2.28. The molecule has 2 N–H and O–H groups in total. The van der Waals surface area contributed by atoms with E-state index in [0.717, 1.165) is 54.8 Å². The summed E-state index contributed by atoms with van der Waals surface area (Å²) in [5, 5.41) is 4.92. The predicted molar refractivity (Wildman–Crippen MR) is 151 cm³/mol. The van der Waals surface area contributed by atoms with Crippen LogP contribution in [0.5, 0.6) is 17.2 Å². The fourth-order valence-electron chi connectivity index (χ4n) is 4.41. The van der Waals surface area contributed by atoms with Crippen molar-refractivity contribution in [1.29, 1.82) is 0 Å². The highest BCUT2D eigenvalue weighted by Crippen LogP contribution is 2.33. The van der Waals surface area contributed by atoms with Crippen LogP contribution >= 0.6 is 12.2 Å². The minimum atomic E-state index is -0.145. The molecule has 0 atom stereocenters. The number of methoxy groups -OCH3 is 1. The van der Waals surface area contributed by atoms with Crippen molar-refractivity contribution >= 4 is 28.2 Å². The number of ether oxygens (including phenoxy) is 3. The largest absolute Gasteiger partial charge is 0.497 e. The fourth-order valence-corrected chi connectivity index (χ4v) is 4.64. The lowest BCUT2D eigenvalue weighted by Gasteiger charge is -2.27. The van der Waals surface area contributed by atoms with Gasteiger partial charge in [-0.1, -0.05) is 26.0 Å². The highest BCUT2D eigenvalue weighted by atomic mass is 32.1. The Labute approximate surface area is 223 Å². The van der Waals surface area contributed by atoms with Gasteiger partial charge in [0.1, 0.15) is 19.0 Å². The number of pyridine rings is 1. The zero-order valence-corrected chi connectivity index (χ0v) is 22.7. The Kier molecular flexibility index (Phi) is 9.24. The number of nitrogens with one attached hydrogen (secondary N) is 2. The number of hydrogen-bond acceptors (Lipinski definition) is 6. The second-order valence-electron chi connectivity index (χ2n) is 9.02. The molecule has 0 saturated carbocycles. The Hall–Kier alpha value is -3.30. The second-order valence-corrected chi connectivity index (χ2v) is 9.41. The van der Waals surface area contributed by atoms with E-state index in [1.165, 1.54) is 0 Å². The number of hydrogen-bond donors (Lipinski definition) is 2. The molecule has 0 aliphatic carbocycles. The zero-order chi connectivity index (χ0) is 26.2. The van der Waals surface area contributed by atoms with Crippen LogP contribution in [0.1, 0.15) is 31.4 Å². The van der Waals surface area contributed by atoms with E-state index in [4.69, 9.17) is 26.4 Å². The average molecular weight is 525 g/mol. The van der Waals surface area contributed by atoms with Crippen molar-refractivity contribution in [2.75, 3.05) is 46.5 Å². The zero-order valence-electron chi connectivity index (χ0n) is 21.8. The van der Waals surface area contributed by atoms with Crippen molar-refractivity contribution < 1.29 is 14.2 Å². The van der Waals surface area contributed by atoms with Gasteiger partial charge in [0, 0.05) is 30.1 Å². The molecule has 0 unspecified atom stereocenters. The van der Waals surface area contributed by atoms with Crippen molar-refractivity contribution in [3.05, 3.63) is 63.9 Å². The molecular weight excluding hydrogens is 488 g/mol. The third-order valence-corrected chi connectivity index (χ3v) is 6.99. The van der Waals surface area contributed by atoms with Gasteiger partial charge in [0.2, 0.25) is 0 Å². The van der Waals surface area contributed by atoms with E-state index in [0.29, 0.717) is 48.5 Å². The first kappa shape index (κ1) is 26.8. The highest BCUT2D eigenvalue weighted by molar-refractivity contribution is 7.80. The van der Waals surface area contributed by atoms with E-state index in [2.05, 4.69) is 29.0 Å². The third-order valence-electron chi connectivity index (χ3n) is 6.59. The number of benzene rings is 2. The van der Waals surface area contributed by atoms with Crippen molar-refractivity contribution in [2.45, 2.75) is 33.4 Å². The minimum Gasteiger partial charge on any atom is -0.497 e. The summed E-state index contributed by atoms with van der Waals surface area (Å²) >= 11 is 5.81. The molecule has 0 spiro atoms. The molecule has 1 aromatic heterocycles. The fraction of sp³-hybridized carbons (Fsp3) is 0.429. The Morgan fingerprint density at radius 1 is 1.05 bits per heavy atom. The van der Waals surface area contributed by atoms with Crippen LogP contribution in [-0.4, -0.2) is 66.4 Å². The van der Waals surface area contributed by atoms with Crippen LogP contribution in [0.15, 0.2) is 47.3 Å². The molecule has 9 heteroatoms. The van der Waals surface area contributed by atoms with Crippen molar-refractivity contribution in [3.8, 4) is 17.2 Å². The number of H-pyrrole nitrogens is 1. The van der Waals surface area contributed by atoms with Gasteiger partial charge in [-0.3, -0.25) is 4.79 Å². The third kappa shape index (κ3) is 6.93. The first-order valence-electron chi connectivity index (χ1n) is 12.8. The molecule has 3 aromatic rings. The Balaban J connectivity index is 1.53. The molecule has 0 bridgehead atoms. The lowest BCUT2D eigenvalue weighted by Crippen LogP contribution is -2.41. The topological polar surface area (TPSA) is 79.1 Å². The molecule has 2 heterocycles. The van der Waals surface area contributed by atoms with Crippen molar-refractivity contribution in [2.24, 2.45) is 0 Å². The molecule has 0 fully saturated rings. The number of nitrogens with zero attached hydrogens (tertiary/aromatic N) is 2. The molecule has 1 aliphatic heterocycles. The molecule has 0 saturated heterocycles. The number of aromatic amines is 1. The van der Waals surface area contributed by atoms with E-state index < -0.39 is 0 Å². The number of aromatic nitrogens is 1. The second kappa shape index (κ2) is 12.8. The minimum absolute atomic E-state index is 0.145. The summed E-state index contributed by atoms with van der Waals surface area (Å²) in [5.74, 6) is 2.14. The Morgan fingerprint density at radius 2 is 1.76 bits per heavy atom. The van der Waals surface area contributed by atoms with E-state index in [-0.39, 0.29) is 5.56 Å². The van der Waals surface area contributed by atoms with Crippen LogP contribution in [0.25, 0.3) is 10.9 Å². The molecule has 4 rings (SSSR count). The van der Waals surface area contributed by atoms with Crippen LogP contribution in [0.2, 0.25) is 0 Å². The molecule has 0 radical (unpaired) electrons. The van der Waals surface area contributed by atoms with Crippen LogP contribution in [0, 0.1) is 0 Å². The average Bonchev–Trinajstić information content (AvgIpc) is 2.92. The van der Waals surface area contributed by atoms with Gasteiger partial charge < -0.3 is 34.3 Å². The molecular formula is C28H36N4O4S. The summed E-state index contributed by atoms with van der Waals surface area (Å²) in [6.45, 7) is 10.2. The van der Waals surface area contributed by atoms with Gasteiger partial charge in [-0.05, 0) is 68.1 Å². The van der Waals surface area contributed by atoms with Gasteiger partial charge in [-0.25, -0.2) is 0 Å². The summed E-state index contributed by atoms with van der Waals surface area (Å²) < 4.78 is 16.7. The predicted octanol–water partition coefficient (Wildman–Crippen LogP) is 3.92. The van der Waals surface area contributed by atoms with E-state index in [9.17, 15) is 4.79 Å². The molecule has 37 heavy (non-hydrogen) atoms. The maximum atomic E-state index is 13.1. The molecule has 2 aromatic carbocycles. The van der Waals surface area contributed by atoms with Crippen LogP contribution in [0.4, 0.5) is 0 Å². The lowest BCUT2D eigenvalue weighted by atomic mass is 10.1. The summed E-state index contributed by atoms with van der Waals surface area (Å²) in [6, 6.07) is 13.6. The maximum Gasteiger partial charge on any atom is 0.253 e. The van der Waals surface area contributed by atoms with Gasteiger partial charge >= 0.3 is 0 Å². The van der Waals surface area contributed by atoms with Gasteiger partial charge in [0.25, 0.3) is 5.56 Å². The first-order chi connectivity index (χ1) is 18.0. The monoisotopic (exact) mass is 524 g/mol. The summed E-state index contributed by atoms with van der Waals surface area (Å²) in [4.78, 5) is 20.5. The van der Waals surface area contributed by atoms with Crippen LogP contribution in [-0.2, 0) is 13.1 Å². The quantitative estimate of drug-likeness (QED) is 0.289. The summed E-state index contributed by atoms with van der Waals surface area (Å²) in [7, 11) is 1.65. The number of fused-ring (bicyclic) bond motifs is 2. The Morgan fingerprint density at radius 3 is 2.43 bits per heavy atom. The summed E-state index contributed by atoms with van der Waals surface area (Å²) in [6.07, 6.45) is 0.988. The van der Waals surface area contributed by atoms with E-state index in [1.54, 1.807) is 7.11 Å². The molecule has 0 amide bonds.